The van der Waals surface area contributed by atoms with E-state index >= 15 is 0 Å². The van der Waals surface area contributed by atoms with E-state index in [0.717, 1.165) is 0 Å². The molecule has 0 aliphatic rings. The molecule has 0 saturated heterocycles. The van der Waals surface area contributed by atoms with Crippen molar-refractivity contribution in [3.05, 3.63) is 24.0 Å². The number of aromatic nitrogens is 2. The molecule has 1 aromatic heterocycles. The molecule has 18 heavy (non-hydrogen) atoms. The summed E-state index contributed by atoms with van der Waals surface area (Å²) in [5.41, 5.74) is 5.94. The number of hydrogen-bond acceptors (Lipinski definition) is 5. The molecular weight excluding hydrogens is 252 g/mol. The van der Waals surface area contributed by atoms with E-state index in [2.05, 4.69) is 10.2 Å². The highest BCUT2D eigenvalue weighted by Crippen LogP contribution is 2.03. The van der Waals surface area contributed by atoms with Crippen molar-refractivity contribution in [1.29, 1.82) is 0 Å². The second-order valence-electron chi connectivity index (χ2n) is 3.63. The molecule has 0 bridgehead atoms. The van der Waals surface area contributed by atoms with Gasteiger partial charge in [0.05, 0.1) is 29.6 Å². The standard InChI is InChI=1S/C11H16N4O2S/c1-17-7-6-15(5-3-10(12)18)11(16)9-2-4-13-14-8-9/h2,4,8H,3,5-7H2,1H3,(H2,12,18). The molecule has 0 aliphatic carbocycles. The number of carbonyl (C=O) groups is 1. The van der Waals surface area contributed by atoms with Crippen LogP contribution in [0.15, 0.2) is 18.5 Å². The van der Waals surface area contributed by atoms with E-state index in [4.69, 9.17) is 22.7 Å². The van der Waals surface area contributed by atoms with Crippen LogP contribution in [0, 0.1) is 0 Å². The average Bonchev–Trinajstić information content (AvgIpc) is 2.39. The van der Waals surface area contributed by atoms with E-state index in [9.17, 15) is 4.79 Å². The van der Waals surface area contributed by atoms with Crippen LogP contribution in [0.3, 0.4) is 0 Å². The summed E-state index contributed by atoms with van der Waals surface area (Å²) in [6.07, 6.45) is 3.40. The van der Waals surface area contributed by atoms with Crippen molar-refractivity contribution < 1.29 is 9.53 Å². The number of rotatable bonds is 7. The average molecular weight is 268 g/mol. The summed E-state index contributed by atoms with van der Waals surface area (Å²) < 4.78 is 4.98. The zero-order valence-electron chi connectivity index (χ0n) is 10.2. The topological polar surface area (TPSA) is 81.3 Å². The molecule has 98 valence electrons. The van der Waals surface area contributed by atoms with Crippen LogP contribution in [0.5, 0.6) is 0 Å². The van der Waals surface area contributed by atoms with Crippen molar-refractivity contribution in [3.63, 3.8) is 0 Å². The third-order valence-electron chi connectivity index (χ3n) is 2.31. The van der Waals surface area contributed by atoms with Gasteiger partial charge in [0, 0.05) is 26.6 Å². The number of amides is 1. The van der Waals surface area contributed by atoms with E-state index in [1.165, 1.54) is 12.4 Å². The minimum absolute atomic E-state index is 0.127. The number of nitrogens with zero attached hydrogens (tertiary/aromatic N) is 3. The Bertz CT molecular complexity index is 399. The van der Waals surface area contributed by atoms with E-state index in [1.54, 1.807) is 18.1 Å². The monoisotopic (exact) mass is 268 g/mol. The Morgan fingerprint density at radius 1 is 1.50 bits per heavy atom. The van der Waals surface area contributed by atoms with Crippen molar-refractivity contribution >= 4 is 23.1 Å². The summed E-state index contributed by atoms with van der Waals surface area (Å²) in [7, 11) is 1.59. The summed E-state index contributed by atoms with van der Waals surface area (Å²) in [6.45, 7) is 1.42. The summed E-state index contributed by atoms with van der Waals surface area (Å²) >= 11 is 4.82. The second-order valence-corrected chi connectivity index (χ2v) is 4.16. The van der Waals surface area contributed by atoms with Gasteiger partial charge in [0.15, 0.2) is 0 Å². The Kier molecular flexibility index (Phi) is 6.16. The second kappa shape index (κ2) is 7.67. The largest absolute Gasteiger partial charge is 0.393 e. The molecule has 7 heteroatoms. The molecule has 0 atom stereocenters. The van der Waals surface area contributed by atoms with Gasteiger partial charge in [-0.25, -0.2) is 0 Å². The molecule has 1 rings (SSSR count). The van der Waals surface area contributed by atoms with Gasteiger partial charge in [0.25, 0.3) is 5.91 Å². The molecule has 1 amide bonds. The Morgan fingerprint density at radius 3 is 2.83 bits per heavy atom. The lowest BCUT2D eigenvalue weighted by Gasteiger charge is -2.21. The number of methoxy groups -OCH3 is 1. The fraction of sp³-hybridized carbons (Fsp3) is 0.455. The molecule has 6 nitrogen and oxygen atoms in total. The Balaban J connectivity index is 2.69. The molecule has 0 radical (unpaired) electrons. The highest BCUT2D eigenvalue weighted by atomic mass is 32.1. The van der Waals surface area contributed by atoms with Gasteiger partial charge >= 0.3 is 0 Å². The molecule has 2 N–H and O–H groups in total. The van der Waals surface area contributed by atoms with Crippen LogP contribution in [0.1, 0.15) is 16.8 Å². The van der Waals surface area contributed by atoms with E-state index in [0.29, 0.717) is 36.7 Å². The molecule has 0 unspecified atom stereocenters. The first-order valence-corrected chi connectivity index (χ1v) is 5.89. The first kappa shape index (κ1) is 14.5. The maximum atomic E-state index is 12.2. The van der Waals surface area contributed by atoms with Crippen LogP contribution in [-0.4, -0.2) is 52.8 Å². The minimum Gasteiger partial charge on any atom is -0.393 e. The summed E-state index contributed by atoms with van der Waals surface area (Å²) in [4.78, 5) is 14.2. The van der Waals surface area contributed by atoms with Crippen LogP contribution >= 0.6 is 12.2 Å². The number of hydrogen-bond donors (Lipinski definition) is 1. The van der Waals surface area contributed by atoms with E-state index in [1.807, 2.05) is 0 Å². The Hall–Kier alpha value is -1.60. The van der Waals surface area contributed by atoms with Gasteiger partial charge in [-0.15, -0.1) is 0 Å². The smallest absolute Gasteiger partial charge is 0.255 e. The van der Waals surface area contributed by atoms with E-state index < -0.39 is 0 Å². The molecule has 1 aromatic rings. The predicted octanol–water partition coefficient (Wildman–Crippen LogP) is 0.241. The summed E-state index contributed by atoms with van der Waals surface area (Å²) in [5.74, 6) is -0.127. The molecule has 0 fully saturated rings. The van der Waals surface area contributed by atoms with Crippen molar-refractivity contribution in [1.82, 2.24) is 15.1 Å². The third kappa shape index (κ3) is 4.72. The van der Waals surface area contributed by atoms with Crippen LogP contribution in [0.25, 0.3) is 0 Å². The van der Waals surface area contributed by atoms with Crippen LogP contribution in [-0.2, 0) is 4.74 Å². The Morgan fingerprint density at radius 2 is 2.28 bits per heavy atom. The number of nitrogens with two attached hydrogens (primary N) is 1. The highest BCUT2D eigenvalue weighted by molar-refractivity contribution is 7.80. The van der Waals surface area contributed by atoms with Gasteiger partial charge in [0.2, 0.25) is 0 Å². The molecule has 0 saturated carbocycles. The quantitative estimate of drug-likeness (QED) is 0.713. The van der Waals surface area contributed by atoms with Gasteiger partial charge < -0.3 is 15.4 Å². The first-order chi connectivity index (χ1) is 8.65. The van der Waals surface area contributed by atoms with Crippen molar-refractivity contribution in [2.75, 3.05) is 26.8 Å². The zero-order chi connectivity index (χ0) is 13.4. The lowest BCUT2D eigenvalue weighted by atomic mass is 10.2. The number of carbonyl (C=O) groups excluding carboxylic acids is 1. The van der Waals surface area contributed by atoms with E-state index in [-0.39, 0.29) is 5.91 Å². The van der Waals surface area contributed by atoms with Gasteiger partial charge in [-0.3, -0.25) is 4.79 Å². The normalized spacial score (nSPS) is 10.1. The number of ether oxygens (including phenoxy) is 1. The predicted molar refractivity (Wildman–Crippen MR) is 71.2 cm³/mol. The zero-order valence-corrected chi connectivity index (χ0v) is 11.0. The van der Waals surface area contributed by atoms with Gasteiger partial charge in [-0.2, -0.15) is 10.2 Å². The molecular formula is C11H16N4O2S. The SMILES string of the molecule is COCCN(CCC(N)=S)C(=O)c1ccnnc1. The van der Waals surface area contributed by atoms with Crippen LogP contribution < -0.4 is 5.73 Å². The summed E-state index contributed by atoms with van der Waals surface area (Å²) in [5, 5.41) is 7.32. The Labute approximate surface area is 111 Å². The highest BCUT2D eigenvalue weighted by Gasteiger charge is 2.15. The molecule has 0 aliphatic heterocycles. The van der Waals surface area contributed by atoms with Crippen molar-refractivity contribution in [3.8, 4) is 0 Å². The van der Waals surface area contributed by atoms with Crippen molar-refractivity contribution in [2.24, 2.45) is 5.73 Å². The van der Waals surface area contributed by atoms with Crippen LogP contribution in [0.2, 0.25) is 0 Å². The maximum absolute atomic E-state index is 12.2. The molecule has 0 aromatic carbocycles. The lowest BCUT2D eigenvalue weighted by molar-refractivity contribution is 0.0700. The van der Waals surface area contributed by atoms with Crippen LogP contribution in [0.4, 0.5) is 0 Å². The fourth-order valence-corrected chi connectivity index (χ4v) is 1.45. The van der Waals surface area contributed by atoms with Crippen molar-refractivity contribution in [2.45, 2.75) is 6.42 Å². The molecule has 1 heterocycles. The minimum atomic E-state index is -0.127. The lowest BCUT2D eigenvalue weighted by Crippen LogP contribution is -2.36. The maximum Gasteiger partial charge on any atom is 0.255 e. The van der Waals surface area contributed by atoms with Gasteiger partial charge in [-0.05, 0) is 6.07 Å². The van der Waals surface area contributed by atoms with Gasteiger partial charge in [0.1, 0.15) is 0 Å². The van der Waals surface area contributed by atoms with Gasteiger partial charge in [-0.1, -0.05) is 12.2 Å². The summed E-state index contributed by atoms with van der Waals surface area (Å²) in [6, 6.07) is 1.62. The first-order valence-electron chi connectivity index (χ1n) is 5.48. The fourth-order valence-electron chi connectivity index (χ4n) is 1.36. The molecule has 0 spiro atoms. The number of thiocarbonyl (C=S) groups is 1. The third-order valence-corrected chi connectivity index (χ3v) is 2.52.